The zero-order valence-corrected chi connectivity index (χ0v) is 18.1. The van der Waals surface area contributed by atoms with E-state index in [2.05, 4.69) is 16.0 Å². The van der Waals surface area contributed by atoms with Gasteiger partial charge in [-0.1, -0.05) is 0 Å². The normalized spacial score (nSPS) is 16.6. The number of hydrogen-bond donors (Lipinski definition) is 9. The van der Waals surface area contributed by atoms with Gasteiger partial charge in [-0.15, -0.1) is 0 Å². The molecule has 0 aliphatic rings. The largest absolute Gasteiger partial charge is 0.480 e. The highest BCUT2D eigenvalue weighted by Gasteiger charge is 2.33. The monoisotopic (exact) mass is 462 g/mol. The summed E-state index contributed by atoms with van der Waals surface area (Å²) in [6.07, 6.45) is -2.32. The molecule has 184 valence electrons. The molecule has 0 rings (SSSR count). The summed E-state index contributed by atoms with van der Waals surface area (Å²) < 4.78 is 0. The van der Waals surface area contributed by atoms with E-state index in [1.165, 1.54) is 13.8 Å². The predicted octanol–water partition coefficient (Wildman–Crippen LogP) is -4.38. The quantitative estimate of drug-likeness (QED) is 0.105. The molecule has 0 aromatic carbocycles. The van der Waals surface area contributed by atoms with Crippen molar-refractivity contribution in [1.82, 2.24) is 16.0 Å². The van der Waals surface area contributed by atoms with E-state index in [0.29, 0.717) is 19.4 Å². The van der Waals surface area contributed by atoms with Gasteiger partial charge in [-0.25, -0.2) is 4.79 Å². The molecule has 0 radical (unpaired) electrons. The van der Waals surface area contributed by atoms with E-state index in [4.69, 9.17) is 17.2 Å². The topological polar surface area (TPSA) is 260 Å². The lowest BCUT2D eigenvalue weighted by Gasteiger charge is -2.26. The molecule has 0 saturated heterocycles. The average Bonchev–Trinajstić information content (AvgIpc) is 2.68. The van der Waals surface area contributed by atoms with Gasteiger partial charge >= 0.3 is 5.97 Å². The molecular weight excluding hydrogens is 428 g/mol. The van der Waals surface area contributed by atoms with Crippen LogP contribution < -0.4 is 33.2 Å². The Labute approximate surface area is 185 Å². The Bertz CT molecular complexity index is 672. The first-order chi connectivity index (χ1) is 14.8. The number of rotatable bonds is 15. The number of primary amides is 1. The van der Waals surface area contributed by atoms with Crippen LogP contribution in [0.25, 0.3) is 0 Å². The van der Waals surface area contributed by atoms with Crippen molar-refractivity contribution >= 4 is 29.6 Å². The number of nitrogens with two attached hydrogens (primary N) is 3. The zero-order valence-electron chi connectivity index (χ0n) is 18.1. The number of carbonyl (C=O) groups is 5. The molecule has 0 spiro atoms. The molecule has 12 N–H and O–H groups in total. The van der Waals surface area contributed by atoms with Crippen LogP contribution >= 0.6 is 0 Å². The van der Waals surface area contributed by atoms with E-state index in [1.54, 1.807) is 0 Å². The fourth-order valence-corrected chi connectivity index (χ4v) is 2.57. The number of carboxylic acids is 1. The molecule has 6 atom stereocenters. The average molecular weight is 463 g/mol. The Kier molecular flexibility index (Phi) is 13.0. The summed E-state index contributed by atoms with van der Waals surface area (Å²) in [6, 6.07) is -5.84. The minimum absolute atomic E-state index is 0.0797. The van der Waals surface area contributed by atoms with Crippen LogP contribution in [0.5, 0.6) is 0 Å². The van der Waals surface area contributed by atoms with Gasteiger partial charge in [0.25, 0.3) is 0 Å². The van der Waals surface area contributed by atoms with Crippen LogP contribution in [0.4, 0.5) is 0 Å². The number of hydrogen-bond acceptors (Lipinski definition) is 9. The number of unbranched alkanes of at least 4 members (excludes halogenated alkanes) is 1. The van der Waals surface area contributed by atoms with E-state index < -0.39 is 72.4 Å². The third kappa shape index (κ3) is 10.5. The van der Waals surface area contributed by atoms with Crippen molar-refractivity contribution in [2.45, 2.75) is 75.9 Å². The van der Waals surface area contributed by atoms with Gasteiger partial charge in [-0.3, -0.25) is 19.2 Å². The van der Waals surface area contributed by atoms with E-state index in [1.807, 2.05) is 0 Å². The molecule has 0 heterocycles. The fourth-order valence-electron chi connectivity index (χ4n) is 2.57. The van der Waals surface area contributed by atoms with Crippen LogP contribution in [0.3, 0.4) is 0 Å². The second-order valence-corrected chi connectivity index (χ2v) is 7.41. The SMILES string of the molecule is CC(O)C(N)C(=O)NC(CC(N)=O)C(=O)NC(C(=O)NC(CCCCN)C(=O)O)C(C)O. The molecule has 0 bridgehead atoms. The molecule has 32 heavy (non-hydrogen) atoms. The molecule has 0 saturated carbocycles. The number of carbonyl (C=O) groups excluding carboxylic acids is 4. The molecule has 0 aromatic heterocycles. The number of carboxylic acid groups (broad SMARTS) is 1. The van der Waals surface area contributed by atoms with Crippen LogP contribution in [0.2, 0.25) is 0 Å². The third-order valence-corrected chi connectivity index (χ3v) is 4.48. The van der Waals surface area contributed by atoms with Gasteiger partial charge in [-0.2, -0.15) is 0 Å². The van der Waals surface area contributed by atoms with E-state index in [-0.39, 0.29) is 6.42 Å². The molecular formula is C18H34N6O8. The highest BCUT2D eigenvalue weighted by Crippen LogP contribution is 2.04. The van der Waals surface area contributed by atoms with Crippen LogP contribution in [0.1, 0.15) is 39.5 Å². The summed E-state index contributed by atoms with van der Waals surface area (Å²) >= 11 is 0. The van der Waals surface area contributed by atoms with Crippen molar-refractivity contribution in [3.05, 3.63) is 0 Å². The minimum Gasteiger partial charge on any atom is -0.480 e. The Morgan fingerprint density at radius 3 is 1.84 bits per heavy atom. The maximum atomic E-state index is 12.6. The lowest BCUT2D eigenvalue weighted by molar-refractivity contribution is -0.143. The van der Waals surface area contributed by atoms with Gasteiger partial charge in [0.15, 0.2) is 0 Å². The van der Waals surface area contributed by atoms with Crippen LogP contribution in [0, 0.1) is 0 Å². The third-order valence-electron chi connectivity index (χ3n) is 4.48. The summed E-state index contributed by atoms with van der Waals surface area (Å²) in [6.45, 7) is 2.77. The molecule has 0 fully saturated rings. The molecule has 0 aromatic rings. The smallest absolute Gasteiger partial charge is 0.326 e. The lowest BCUT2D eigenvalue weighted by atomic mass is 10.1. The van der Waals surface area contributed by atoms with Crippen molar-refractivity contribution in [1.29, 1.82) is 0 Å². The number of aliphatic carboxylic acids is 1. The van der Waals surface area contributed by atoms with Crippen molar-refractivity contribution in [3.63, 3.8) is 0 Å². The predicted molar refractivity (Wildman–Crippen MR) is 111 cm³/mol. The number of nitrogens with one attached hydrogen (secondary N) is 3. The highest BCUT2D eigenvalue weighted by molar-refractivity contribution is 5.96. The first kappa shape index (κ1) is 29.2. The van der Waals surface area contributed by atoms with Crippen LogP contribution in [-0.4, -0.2) is 87.8 Å². The number of aliphatic hydroxyl groups is 2. The fraction of sp³-hybridized carbons (Fsp3) is 0.722. The summed E-state index contributed by atoms with van der Waals surface area (Å²) in [5.74, 6) is -5.26. The van der Waals surface area contributed by atoms with Gasteiger partial charge in [-0.05, 0) is 39.7 Å². The van der Waals surface area contributed by atoms with E-state index in [0.717, 1.165) is 0 Å². The minimum atomic E-state index is -1.60. The molecule has 14 heteroatoms. The summed E-state index contributed by atoms with van der Waals surface area (Å²) in [5, 5.41) is 35.2. The molecule has 6 unspecified atom stereocenters. The Balaban J connectivity index is 5.39. The zero-order chi connectivity index (χ0) is 25.0. The number of amides is 4. The van der Waals surface area contributed by atoms with Gasteiger partial charge in [0.1, 0.15) is 24.2 Å². The van der Waals surface area contributed by atoms with Crippen molar-refractivity contribution in [3.8, 4) is 0 Å². The Morgan fingerprint density at radius 2 is 1.41 bits per heavy atom. The maximum Gasteiger partial charge on any atom is 0.326 e. The van der Waals surface area contributed by atoms with Crippen LogP contribution in [-0.2, 0) is 24.0 Å². The van der Waals surface area contributed by atoms with Crippen LogP contribution in [0.15, 0.2) is 0 Å². The van der Waals surface area contributed by atoms with Crippen molar-refractivity contribution in [2.24, 2.45) is 17.2 Å². The lowest BCUT2D eigenvalue weighted by Crippen LogP contribution is -2.60. The molecule has 4 amide bonds. The Morgan fingerprint density at radius 1 is 0.844 bits per heavy atom. The molecule has 0 aliphatic carbocycles. The standard InChI is InChI=1S/C18H34N6O8/c1-8(25)13(21)16(29)23-11(7-12(20)27)15(28)24-14(9(2)26)17(30)22-10(18(31)32)5-3-4-6-19/h8-11,13-14,25-26H,3-7,19,21H2,1-2H3,(H2,20,27)(H,22,30)(H,23,29)(H,24,28)(H,31,32). The van der Waals surface area contributed by atoms with Gasteiger partial charge in [0, 0.05) is 0 Å². The van der Waals surface area contributed by atoms with E-state index >= 15 is 0 Å². The second kappa shape index (κ2) is 14.3. The Hall–Kier alpha value is -2.81. The maximum absolute atomic E-state index is 12.6. The molecule has 0 aliphatic heterocycles. The van der Waals surface area contributed by atoms with Gasteiger partial charge in [0.2, 0.25) is 23.6 Å². The number of aliphatic hydroxyl groups excluding tert-OH is 2. The second-order valence-electron chi connectivity index (χ2n) is 7.41. The summed E-state index contributed by atoms with van der Waals surface area (Å²) in [5.41, 5.74) is 16.0. The van der Waals surface area contributed by atoms with Gasteiger partial charge in [0.05, 0.1) is 18.6 Å². The molecule has 14 nitrogen and oxygen atoms in total. The first-order valence-corrected chi connectivity index (χ1v) is 10.1. The van der Waals surface area contributed by atoms with Gasteiger partial charge < -0.3 is 48.5 Å². The van der Waals surface area contributed by atoms with E-state index in [9.17, 15) is 39.3 Å². The highest BCUT2D eigenvalue weighted by atomic mass is 16.4. The summed E-state index contributed by atoms with van der Waals surface area (Å²) in [4.78, 5) is 59.9. The van der Waals surface area contributed by atoms with Crippen molar-refractivity contribution in [2.75, 3.05) is 6.54 Å². The first-order valence-electron chi connectivity index (χ1n) is 10.1. The van der Waals surface area contributed by atoms with Crippen molar-refractivity contribution < 1.29 is 39.3 Å². The summed E-state index contributed by atoms with van der Waals surface area (Å²) in [7, 11) is 0.